The Balaban J connectivity index is 0.875. The van der Waals surface area contributed by atoms with E-state index in [9.17, 15) is 53.7 Å². The second-order valence-corrected chi connectivity index (χ2v) is 36.3. The summed E-state index contributed by atoms with van der Waals surface area (Å²) in [6.07, 6.45) is 2.39. The number of anilines is 1. The summed E-state index contributed by atoms with van der Waals surface area (Å²) in [5, 5.41) is 54.1. The van der Waals surface area contributed by atoms with E-state index >= 15 is 19.2 Å². The van der Waals surface area contributed by atoms with Gasteiger partial charge in [-0.15, -0.1) is 0 Å². The summed E-state index contributed by atoms with van der Waals surface area (Å²) in [5.74, 6) is -9.04. The van der Waals surface area contributed by atoms with Crippen LogP contribution in [-0.4, -0.2) is 246 Å². The van der Waals surface area contributed by atoms with Crippen LogP contribution in [0.3, 0.4) is 0 Å². The number of nitrogens with zero attached hydrogens (tertiary/aromatic N) is 3. The largest absolute Gasteiger partial charge is 0.508 e. The summed E-state index contributed by atoms with van der Waals surface area (Å²) in [4.78, 5) is 181. The fraction of sp³-hybridized carbons (Fsp3) is 0.538. The number of aromatic hydroxyl groups is 1. The molecule has 3 saturated heterocycles. The van der Waals surface area contributed by atoms with Gasteiger partial charge in [0.05, 0.1) is 43.5 Å². The van der Waals surface area contributed by atoms with Gasteiger partial charge in [0.15, 0.2) is 17.3 Å². The van der Waals surface area contributed by atoms with Gasteiger partial charge >= 0.3 is 18.1 Å². The highest BCUT2D eigenvalue weighted by Crippen LogP contribution is 2.50. The topological polar surface area (TPSA) is 451 Å². The molecule has 0 unspecified atom stereocenters. The van der Waals surface area contributed by atoms with Crippen LogP contribution in [0.1, 0.15) is 147 Å². The summed E-state index contributed by atoms with van der Waals surface area (Å²) in [7, 11) is 9.86. The van der Waals surface area contributed by atoms with Crippen molar-refractivity contribution in [2.24, 2.45) is 23.5 Å². The van der Waals surface area contributed by atoms with Gasteiger partial charge in [0.1, 0.15) is 58.6 Å². The predicted octanol–water partition coefficient (Wildman–Crippen LogP) is 7.91. The third-order valence-electron chi connectivity index (χ3n) is 23.8. The molecule has 13 N–H and O–H groups in total. The minimum absolute atomic E-state index is 0.0390. The number of urea groups is 1. The number of rotatable bonds is 33. The van der Waals surface area contributed by atoms with Crippen LogP contribution >= 0.6 is 33.2 Å². The van der Waals surface area contributed by atoms with E-state index in [0.29, 0.717) is 66.2 Å². The minimum atomic E-state index is -1.93. The first kappa shape index (κ1) is 99.7. The van der Waals surface area contributed by atoms with Crippen LogP contribution in [0.15, 0.2) is 121 Å². The van der Waals surface area contributed by atoms with Crippen molar-refractivity contribution in [3.05, 3.63) is 148 Å². The molecule has 4 aliphatic rings. The Morgan fingerprint density at radius 2 is 1.43 bits per heavy atom. The van der Waals surface area contributed by atoms with Crippen LogP contribution in [0.25, 0.3) is 10.9 Å². The maximum absolute atomic E-state index is 15.5. The van der Waals surface area contributed by atoms with Crippen molar-refractivity contribution in [3.63, 3.8) is 0 Å². The van der Waals surface area contributed by atoms with Gasteiger partial charge in [-0.05, 0) is 132 Å². The van der Waals surface area contributed by atoms with Gasteiger partial charge in [-0.3, -0.25) is 48.5 Å². The van der Waals surface area contributed by atoms with E-state index in [0.717, 1.165) is 52.6 Å². The van der Waals surface area contributed by atoms with Crippen LogP contribution in [-0.2, 0) is 92.6 Å². The Morgan fingerprint density at radius 1 is 0.762 bits per heavy atom. The van der Waals surface area contributed by atoms with Gasteiger partial charge in [0, 0.05) is 139 Å². The number of halogens is 1. The third-order valence-corrected chi connectivity index (χ3v) is 26.6. The maximum Gasteiger partial charge on any atom is 0.409 e. The first-order valence-electron chi connectivity index (χ1n) is 43.0. The van der Waals surface area contributed by atoms with Gasteiger partial charge in [0.2, 0.25) is 41.4 Å². The number of phenols is 1. The Morgan fingerprint density at radius 3 is 2.13 bits per heavy atom. The zero-order chi connectivity index (χ0) is 91.5. The molecule has 10 amide bonds. The van der Waals surface area contributed by atoms with E-state index in [1.807, 2.05) is 37.3 Å². The number of unbranched alkanes of at least 4 members (excludes halogenated alkanes) is 4. The number of aromatic nitrogens is 1. The van der Waals surface area contributed by atoms with Gasteiger partial charge < -0.3 is 96.3 Å². The summed E-state index contributed by atoms with van der Waals surface area (Å²) in [5.41, 5.74) is 6.74. The number of epoxide rings is 1. The van der Waals surface area contributed by atoms with Crippen molar-refractivity contribution in [2.45, 2.75) is 222 Å². The highest BCUT2D eigenvalue weighted by Gasteiger charge is 2.65. The summed E-state index contributed by atoms with van der Waals surface area (Å²) >= 11 is 6.90. The Kier molecular flexibility index (Phi) is 37.7. The monoisotopic (exact) mass is 1800 g/mol. The average Bonchev–Trinajstić information content (AvgIpc) is 1.57. The lowest BCUT2D eigenvalue weighted by molar-refractivity contribution is -0.162. The molecule has 0 radical (unpaired) electrons. The number of aliphatic hydroxyl groups excluding tert-OH is 1. The van der Waals surface area contributed by atoms with E-state index in [1.165, 1.54) is 92.7 Å². The molecule has 9 rings (SSSR count). The highest BCUT2D eigenvalue weighted by molar-refractivity contribution is 8.76. The Hall–Kier alpha value is -10.1. The normalized spacial score (nSPS) is 25.5. The summed E-state index contributed by atoms with van der Waals surface area (Å²) in [6.45, 7) is 9.47. The van der Waals surface area contributed by atoms with Crippen LogP contribution in [0.4, 0.5) is 15.3 Å². The second kappa shape index (κ2) is 47.7. The average molecular weight is 1800 g/mol. The summed E-state index contributed by atoms with van der Waals surface area (Å²) < 4.78 is 29.7. The van der Waals surface area contributed by atoms with Crippen molar-refractivity contribution in [3.8, 4) is 11.5 Å². The molecule has 35 heteroatoms. The van der Waals surface area contributed by atoms with E-state index < -0.39 is 174 Å². The number of aromatic amines is 1. The zero-order valence-corrected chi connectivity index (χ0v) is 75.7. The third kappa shape index (κ3) is 28.0. The highest BCUT2D eigenvalue weighted by atomic mass is 35.5. The number of para-hydroxylation sites is 1. The number of H-pyrrole nitrogens is 1. The van der Waals surface area contributed by atoms with E-state index in [1.54, 1.807) is 86.8 Å². The first-order chi connectivity index (χ1) is 60.1. The van der Waals surface area contributed by atoms with Crippen LogP contribution < -0.4 is 52.6 Å². The van der Waals surface area contributed by atoms with Crippen LogP contribution in [0, 0.1) is 17.8 Å². The molecular formula is C91H123ClN12O20S2. The lowest BCUT2D eigenvalue weighted by Gasteiger charge is -2.42. The number of ether oxygens (including phenoxy) is 5. The number of methoxy groups -OCH3 is 2. The molecule has 3 fully saturated rings. The van der Waals surface area contributed by atoms with Gasteiger partial charge in [-0.2, -0.15) is 0 Å². The number of phenolic OH excluding ortho intramolecular Hbond substituents is 1. The number of nitrogens with two attached hydrogens (primary N) is 1. The number of ketones is 2. The van der Waals surface area contributed by atoms with Crippen molar-refractivity contribution in [1.82, 2.24) is 52.0 Å². The van der Waals surface area contributed by atoms with E-state index in [-0.39, 0.29) is 87.0 Å². The number of benzene rings is 4. The molecule has 686 valence electrons. The standard InChI is InChI=1S/C91H123ClN12O20S2/c1-54-23-22-29-75(121-10)91(119)52-74(122-89(118)101-91)55(2)82-90(5,124-82)76(51-79(111)103(7)70-46-60(43-54)47-73(120-9)80(70)92)123-87(116)56(3)102(6)78(110)36-41-125-126-42-40-94-77(109)35-34-69-72(108)50-62(44-59-30-32-64(106)33-31-59)84(113)98-67(48-63-53-97-66-28-17-16-27-65(63)66)71(107)49-61(26-18-21-39-96-88(117)95-38-20-12-11-19-37-93)83(112)100-81(57(4)105)85(114)99-68(86(115)104(69)8)45-58-24-14-13-15-25-58/h13-17,22-25,27-33,46-47,53,55-57,61-62,67-69,74-76,81-82,97,105-106,119H,11-12,18-21,26,34-45,48-52,93H2,1-10H3,(H,94,109)(H,98,113)(H,99,114)(H,100,112)(H,101,118)(H2,95,96,117)/b29-22+,54-23+/t55-,56+,57-,61-,62-,67-,68+,69+,74+,75-,76+,81+,82+,90+,91+/m1/s1. The zero-order valence-electron chi connectivity index (χ0n) is 73.3. The lowest BCUT2D eigenvalue weighted by Crippen LogP contribution is -2.63. The quantitative estimate of drug-likeness (QED) is 0.00821. The molecule has 4 aromatic carbocycles. The van der Waals surface area contributed by atoms with Crippen molar-refractivity contribution in [1.29, 1.82) is 0 Å². The second-order valence-electron chi connectivity index (χ2n) is 33.2. The molecule has 5 aromatic rings. The molecule has 4 bridgehead atoms. The molecule has 0 saturated carbocycles. The number of amides is 10. The van der Waals surface area contributed by atoms with Crippen molar-refractivity contribution in [2.75, 3.05) is 77.9 Å². The van der Waals surface area contributed by atoms with Crippen LogP contribution in [0.2, 0.25) is 5.02 Å². The van der Waals surface area contributed by atoms with Crippen molar-refractivity contribution < 1.29 is 96.5 Å². The molecule has 0 aliphatic carbocycles. The molecule has 32 nitrogen and oxygen atoms in total. The van der Waals surface area contributed by atoms with Crippen molar-refractivity contribution >= 4 is 121 Å². The van der Waals surface area contributed by atoms with Gasteiger partial charge in [0.25, 0.3) is 0 Å². The fourth-order valence-electron chi connectivity index (χ4n) is 16.1. The number of carbonyl (C=O) groups is 12. The van der Waals surface area contributed by atoms with Gasteiger partial charge in [-0.1, -0.05) is 144 Å². The molecule has 4 aliphatic heterocycles. The number of likely N-dealkylation sites (N-methyl/N-ethyl adjacent to an activating group) is 2. The fourth-order valence-corrected chi connectivity index (χ4v) is 18.3. The molecule has 1 aromatic heterocycles. The number of fused-ring (bicyclic) bond motifs is 6. The van der Waals surface area contributed by atoms with Crippen LogP contribution in [0.5, 0.6) is 11.5 Å². The Labute approximate surface area is 748 Å². The molecule has 5 heterocycles. The molecule has 15 atom stereocenters. The van der Waals surface area contributed by atoms with E-state index in [2.05, 4.69) is 42.2 Å². The number of alkyl carbamates (subject to hydrolysis) is 1. The number of hydrogen-bond acceptors (Lipinski definition) is 23. The number of allylic oxidation sites excluding steroid dienone is 3. The SMILES string of the molecule is COc1cc2cc(c1Cl)N(C)C(=O)C[C@H](OC(=O)[C@H](C)N(C)C(=O)CCSSCCNC(=O)CC[C@H]1C(=O)C[C@@H](Cc3ccc(O)cc3)C(=O)N[C@H](Cc3c[nH]c4ccccc34)C(=O)C[C@@H](CCCCNC(=O)NCCCCCCN)C(=O)N[C@@H]([C@@H](C)O)C(=O)N[C@@H](Cc3ccccc3)C(=O)N1C)[C@]1(C)O[C@H]1[C@H](C)[C@@H]1C[C@@](O)(NC(=O)O1)[C@H](OC)/C=C/C=C(\C)C2. The summed E-state index contributed by atoms with van der Waals surface area (Å²) in [6, 6.07) is 18.0. The molecule has 126 heavy (non-hydrogen) atoms. The maximum atomic E-state index is 15.5. The smallest absolute Gasteiger partial charge is 0.409 e. The molecule has 0 spiro atoms. The number of esters is 1. The molecular weight excluding hydrogens is 1680 g/mol. The number of nitrogens with one attached hydrogen (secondary N) is 8. The Bertz CT molecular complexity index is 4670. The minimum Gasteiger partial charge on any atom is -0.508 e. The van der Waals surface area contributed by atoms with Gasteiger partial charge in [-0.25, -0.2) is 14.4 Å². The first-order valence-corrected chi connectivity index (χ1v) is 45.9. The van der Waals surface area contributed by atoms with E-state index in [4.69, 9.17) is 41.0 Å². The predicted molar refractivity (Wildman–Crippen MR) is 480 cm³/mol. The number of Topliss-reactive ketones (excluding diaryl/α,β-unsaturated/α-hetero) is 2. The number of hydrogen-bond donors (Lipinski definition) is 12. The number of aliphatic hydroxyl groups is 2. The lowest BCUT2D eigenvalue weighted by atomic mass is 9.83. The number of carbonyl (C=O) groups excluding carboxylic acids is 12.